The lowest BCUT2D eigenvalue weighted by molar-refractivity contribution is -0.185. The summed E-state index contributed by atoms with van der Waals surface area (Å²) >= 11 is 0. The molecule has 0 unspecified atom stereocenters. The maximum atomic E-state index is 11.7. The van der Waals surface area contributed by atoms with Crippen molar-refractivity contribution in [2.45, 2.75) is 6.18 Å². The van der Waals surface area contributed by atoms with Gasteiger partial charge in [0.2, 0.25) is 0 Å². The van der Waals surface area contributed by atoms with Gasteiger partial charge < -0.3 is 10.1 Å². The monoisotopic (exact) mass is 261 g/mol. The van der Waals surface area contributed by atoms with Crippen LogP contribution in [0.3, 0.4) is 0 Å². The van der Waals surface area contributed by atoms with Gasteiger partial charge in [0.15, 0.2) is 6.61 Å². The largest absolute Gasteiger partial charge is 0.455 e. The minimum atomic E-state index is -4.57. The molecule has 18 heavy (non-hydrogen) atoms. The smallest absolute Gasteiger partial charge is 0.422 e. The molecule has 0 saturated heterocycles. The molecule has 4 nitrogen and oxygen atoms in total. The number of rotatable bonds is 4. The molecule has 98 valence electrons. The average Bonchev–Trinajstić information content (AvgIpc) is 2.33. The van der Waals surface area contributed by atoms with Gasteiger partial charge in [0.05, 0.1) is 0 Å². The van der Waals surface area contributed by atoms with Crippen molar-refractivity contribution < 1.29 is 27.5 Å². The Morgan fingerprint density at radius 3 is 2.33 bits per heavy atom. The first kappa shape index (κ1) is 14.0. The number of amides is 1. The van der Waals surface area contributed by atoms with E-state index in [1.54, 1.807) is 18.2 Å². The first-order valence-corrected chi connectivity index (χ1v) is 4.94. The van der Waals surface area contributed by atoms with Crippen LogP contribution in [0.1, 0.15) is 10.4 Å². The molecule has 1 aromatic rings. The van der Waals surface area contributed by atoms with Crippen LogP contribution in [0.2, 0.25) is 0 Å². The molecule has 1 rings (SSSR count). The lowest BCUT2D eigenvalue weighted by atomic mass is 10.2. The van der Waals surface area contributed by atoms with Crippen LogP contribution < -0.4 is 5.32 Å². The number of hydrogen-bond donors (Lipinski definition) is 1. The van der Waals surface area contributed by atoms with E-state index in [0.717, 1.165) is 0 Å². The van der Waals surface area contributed by atoms with Crippen molar-refractivity contribution in [3.63, 3.8) is 0 Å². The Balaban J connectivity index is 2.33. The number of halogens is 3. The van der Waals surface area contributed by atoms with Gasteiger partial charge in [0, 0.05) is 5.56 Å². The van der Waals surface area contributed by atoms with Crippen molar-refractivity contribution in [3.8, 4) is 0 Å². The molecule has 0 atom stereocenters. The van der Waals surface area contributed by atoms with Gasteiger partial charge in [0.1, 0.15) is 6.54 Å². The molecule has 0 radical (unpaired) electrons. The van der Waals surface area contributed by atoms with Crippen LogP contribution in [-0.2, 0) is 9.53 Å². The lowest BCUT2D eigenvalue weighted by Crippen LogP contribution is -2.32. The normalized spacial score (nSPS) is 10.8. The summed E-state index contributed by atoms with van der Waals surface area (Å²) in [4.78, 5) is 22.3. The Labute approximate surface area is 101 Å². The summed E-state index contributed by atoms with van der Waals surface area (Å²) in [6.07, 6.45) is -4.57. The summed E-state index contributed by atoms with van der Waals surface area (Å²) in [7, 11) is 0. The summed E-state index contributed by atoms with van der Waals surface area (Å²) in [5.74, 6) is -1.70. The SMILES string of the molecule is O=C(CNC(=O)c1ccccc1)OCC(F)(F)F. The van der Waals surface area contributed by atoms with Crippen molar-refractivity contribution in [1.29, 1.82) is 0 Å². The Morgan fingerprint density at radius 2 is 1.78 bits per heavy atom. The number of hydrogen-bond acceptors (Lipinski definition) is 3. The Hall–Kier alpha value is -2.05. The van der Waals surface area contributed by atoms with Crippen LogP contribution in [-0.4, -0.2) is 31.2 Å². The molecule has 0 saturated carbocycles. The van der Waals surface area contributed by atoms with Crippen LogP contribution in [0.4, 0.5) is 13.2 Å². The van der Waals surface area contributed by atoms with Crippen molar-refractivity contribution in [2.24, 2.45) is 0 Å². The van der Waals surface area contributed by atoms with Crippen molar-refractivity contribution in [2.75, 3.05) is 13.2 Å². The highest BCUT2D eigenvalue weighted by atomic mass is 19.4. The number of alkyl halides is 3. The molecular weight excluding hydrogens is 251 g/mol. The molecular formula is C11H10F3NO3. The molecule has 0 aliphatic heterocycles. The fourth-order valence-electron chi connectivity index (χ4n) is 1.06. The highest BCUT2D eigenvalue weighted by Crippen LogP contribution is 2.14. The zero-order chi connectivity index (χ0) is 13.6. The lowest BCUT2D eigenvalue weighted by Gasteiger charge is -2.08. The van der Waals surface area contributed by atoms with Crippen LogP contribution in [0.15, 0.2) is 30.3 Å². The van der Waals surface area contributed by atoms with E-state index in [1.165, 1.54) is 12.1 Å². The Morgan fingerprint density at radius 1 is 1.17 bits per heavy atom. The van der Waals surface area contributed by atoms with Gasteiger partial charge in [-0.25, -0.2) is 0 Å². The van der Waals surface area contributed by atoms with E-state index in [1.807, 2.05) is 0 Å². The number of benzene rings is 1. The fourth-order valence-corrected chi connectivity index (χ4v) is 1.06. The summed E-state index contributed by atoms with van der Waals surface area (Å²) in [6, 6.07) is 7.97. The fraction of sp³-hybridized carbons (Fsp3) is 0.273. The number of nitrogens with one attached hydrogen (secondary N) is 1. The maximum Gasteiger partial charge on any atom is 0.422 e. The molecule has 0 aliphatic rings. The predicted molar refractivity (Wildman–Crippen MR) is 55.8 cm³/mol. The zero-order valence-corrected chi connectivity index (χ0v) is 9.16. The number of ether oxygens (including phenoxy) is 1. The van der Waals surface area contributed by atoms with Gasteiger partial charge >= 0.3 is 12.1 Å². The van der Waals surface area contributed by atoms with Gasteiger partial charge in [-0.05, 0) is 12.1 Å². The second kappa shape index (κ2) is 6.04. The quantitative estimate of drug-likeness (QED) is 0.836. The number of carbonyl (C=O) groups excluding carboxylic acids is 2. The summed E-state index contributed by atoms with van der Waals surface area (Å²) in [5.41, 5.74) is 0.307. The molecule has 0 fully saturated rings. The molecule has 0 aromatic heterocycles. The summed E-state index contributed by atoms with van der Waals surface area (Å²) in [6.45, 7) is -2.27. The molecule has 1 N–H and O–H groups in total. The molecule has 1 aromatic carbocycles. The van der Waals surface area contributed by atoms with E-state index in [-0.39, 0.29) is 0 Å². The third-order valence-electron chi connectivity index (χ3n) is 1.83. The predicted octanol–water partition coefficient (Wildman–Crippen LogP) is 1.52. The Bertz CT molecular complexity index is 417. The van der Waals surface area contributed by atoms with E-state index in [2.05, 4.69) is 10.1 Å². The summed E-state index contributed by atoms with van der Waals surface area (Å²) in [5, 5.41) is 2.15. The standard InChI is InChI=1S/C11H10F3NO3/c12-11(13,14)7-18-9(16)6-15-10(17)8-4-2-1-3-5-8/h1-5H,6-7H2,(H,15,17). The van der Waals surface area contributed by atoms with E-state index >= 15 is 0 Å². The Kier molecular flexibility index (Phi) is 4.70. The van der Waals surface area contributed by atoms with Gasteiger partial charge in [0.25, 0.3) is 5.91 Å². The summed E-state index contributed by atoms with van der Waals surface area (Å²) < 4.78 is 39.1. The zero-order valence-electron chi connectivity index (χ0n) is 9.16. The van der Waals surface area contributed by atoms with Crippen molar-refractivity contribution in [3.05, 3.63) is 35.9 Å². The molecule has 7 heteroatoms. The third kappa shape index (κ3) is 5.33. The van der Waals surface area contributed by atoms with Crippen LogP contribution in [0.25, 0.3) is 0 Å². The molecule has 0 bridgehead atoms. The third-order valence-corrected chi connectivity index (χ3v) is 1.83. The number of esters is 1. The van der Waals surface area contributed by atoms with E-state index in [9.17, 15) is 22.8 Å². The van der Waals surface area contributed by atoms with Crippen LogP contribution in [0, 0.1) is 0 Å². The van der Waals surface area contributed by atoms with Gasteiger partial charge in [-0.1, -0.05) is 18.2 Å². The molecule has 0 aliphatic carbocycles. The molecule has 0 spiro atoms. The van der Waals surface area contributed by atoms with Gasteiger partial charge in [-0.15, -0.1) is 0 Å². The second-order valence-electron chi connectivity index (χ2n) is 3.32. The topological polar surface area (TPSA) is 55.4 Å². The average molecular weight is 261 g/mol. The van der Waals surface area contributed by atoms with Crippen molar-refractivity contribution >= 4 is 11.9 Å². The minimum absolute atomic E-state index is 0.307. The van der Waals surface area contributed by atoms with E-state index < -0.39 is 31.2 Å². The highest BCUT2D eigenvalue weighted by molar-refractivity contribution is 5.95. The van der Waals surface area contributed by atoms with Crippen LogP contribution >= 0.6 is 0 Å². The number of carbonyl (C=O) groups is 2. The first-order valence-electron chi connectivity index (χ1n) is 4.94. The first-order chi connectivity index (χ1) is 8.38. The van der Waals surface area contributed by atoms with Gasteiger partial charge in [-0.3, -0.25) is 9.59 Å². The molecule has 1 amide bonds. The van der Waals surface area contributed by atoms with E-state index in [4.69, 9.17) is 0 Å². The maximum absolute atomic E-state index is 11.7. The van der Waals surface area contributed by atoms with E-state index in [0.29, 0.717) is 5.56 Å². The van der Waals surface area contributed by atoms with Crippen LogP contribution in [0.5, 0.6) is 0 Å². The van der Waals surface area contributed by atoms with Crippen molar-refractivity contribution in [1.82, 2.24) is 5.32 Å². The molecule has 0 heterocycles. The minimum Gasteiger partial charge on any atom is -0.455 e. The second-order valence-corrected chi connectivity index (χ2v) is 3.32. The highest BCUT2D eigenvalue weighted by Gasteiger charge is 2.29. The van der Waals surface area contributed by atoms with Gasteiger partial charge in [-0.2, -0.15) is 13.2 Å².